The third-order valence-electron chi connectivity index (χ3n) is 10.1. The van der Waals surface area contributed by atoms with Gasteiger partial charge in [-0.2, -0.15) is 0 Å². The third-order valence-corrected chi connectivity index (χ3v) is 10.1. The van der Waals surface area contributed by atoms with E-state index in [2.05, 4.69) is 75.5 Å². The van der Waals surface area contributed by atoms with Gasteiger partial charge in [-0.05, 0) is 70.6 Å². The van der Waals surface area contributed by atoms with Crippen LogP contribution in [0.5, 0.6) is 0 Å². The van der Waals surface area contributed by atoms with Crippen LogP contribution in [0.3, 0.4) is 0 Å². The van der Waals surface area contributed by atoms with Crippen LogP contribution in [0.15, 0.2) is 60.8 Å². The summed E-state index contributed by atoms with van der Waals surface area (Å²) in [5, 5.41) is 0. The van der Waals surface area contributed by atoms with Crippen molar-refractivity contribution >= 4 is 11.9 Å². The molecular formula is C51H90O5. The van der Waals surface area contributed by atoms with Gasteiger partial charge >= 0.3 is 11.9 Å². The molecule has 0 saturated carbocycles. The second-order valence-corrected chi connectivity index (χ2v) is 15.6. The molecular weight excluding hydrogens is 693 g/mol. The van der Waals surface area contributed by atoms with Crippen molar-refractivity contribution < 1.29 is 23.8 Å². The first-order valence-corrected chi connectivity index (χ1v) is 23.8. The van der Waals surface area contributed by atoms with Crippen molar-refractivity contribution in [3.05, 3.63) is 60.8 Å². The number of unbranched alkanes of at least 4 members (excludes halogenated alkanes) is 22. The molecule has 0 aromatic heterocycles. The van der Waals surface area contributed by atoms with E-state index < -0.39 is 6.10 Å². The SMILES string of the molecule is CC/C=C\C/C=C\C/C=C\C/C=C\CCC(=O)OC(COCCCCCCCCCCCCCC)COC(=O)CCCCCCC/C=C\CCCCCCCC. The van der Waals surface area contributed by atoms with Gasteiger partial charge in [0.05, 0.1) is 6.61 Å². The van der Waals surface area contributed by atoms with E-state index in [1.54, 1.807) is 0 Å². The highest BCUT2D eigenvalue weighted by atomic mass is 16.6. The van der Waals surface area contributed by atoms with E-state index in [9.17, 15) is 9.59 Å². The summed E-state index contributed by atoms with van der Waals surface area (Å²) < 4.78 is 17.3. The molecule has 0 fully saturated rings. The van der Waals surface area contributed by atoms with Crippen LogP contribution in [0, 0.1) is 0 Å². The fraction of sp³-hybridized carbons (Fsp3) is 0.765. The van der Waals surface area contributed by atoms with Crippen molar-refractivity contribution in [1.29, 1.82) is 0 Å². The van der Waals surface area contributed by atoms with Gasteiger partial charge in [0.2, 0.25) is 0 Å². The van der Waals surface area contributed by atoms with Gasteiger partial charge in [0.15, 0.2) is 6.10 Å². The number of ether oxygens (including phenoxy) is 3. The first-order valence-electron chi connectivity index (χ1n) is 23.8. The maximum Gasteiger partial charge on any atom is 0.306 e. The first kappa shape index (κ1) is 53.6. The maximum absolute atomic E-state index is 12.7. The van der Waals surface area contributed by atoms with Gasteiger partial charge in [0.1, 0.15) is 6.61 Å². The van der Waals surface area contributed by atoms with Gasteiger partial charge in [-0.1, -0.05) is 204 Å². The number of allylic oxidation sites excluding steroid dienone is 10. The minimum atomic E-state index is -0.574. The average molecular weight is 783 g/mol. The average Bonchev–Trinajstić information content (AvgIpc) is 3.20. The van der Waals surface area contributed by atoms with E-state index in [4.69, 9.17) is 14.2 Å². The van der Waals surface area contributed by atoms with Gasteiger partial charge in [0.25, 0.3) is 0 Å². The van der Waals surface area contributed by atoms with Gasteiger partial charge in [-0.25, -0.2) is 0 Å². The fourth-order valence-electron chi connectivity index (χ4n) is 6.52. The Kier molecular flexibility index (Phi) is 45.0. The van der Waals surface area contributed by atoms with Crippen LogP contribution >= 0.6 is 0 Å². The number of carbonyl (C=O) groups is 2. The van der Waals surface area contributed by atoms with Crippen molar-refractivity contribution in [1.82, 2.24) is 0 Å². The quantitative estimate of drug-likeness (QED) is 0.0350. The molecule has 0 N–H and O–H groups in total. The van der Waals surface area contributed by atoms with E-state index in [0.717, 1.165) is 64.2 Å². The fourth-order valence-corrected chi connectivity index (χ4v) is 6.52. The number of hydrogen-bond acceptors (Lipinski definition) is 5. The minimum absolute atomic E-state index is 0.0536. The highest BCUT2D eigenvalue weighted by Gasteiger charge is 2.17. The molecule has 0 aliphatic carbocycles. The molecule has 0 amide bonds. The molecule has 5 heteroatoms. The zero-order valence-electron chi connectivity index (χ0n) is 37.1. The highest BCUT2D eigenvalue weighted by molar-refractivity contribution is 5.70. The van der Waals surface area contributed by atoms with Crippen LogP contribution in [-0.2, 0) is 23.8 Å². The van der Waals surface area contributed by atoms with Crippen LogP contribution in [0.4, 0.5) is 0 Å². The summed E-state index contributed by atoms with van der Waals surface area (Å²) in [4.78, 5) is 25.2. The Bertz CT molecular complexity index is 977. The van der Waals surface area contributed by atoms with E-state index in [-0.39, 0.29) is 25.2 Å². The van der Waals surface area contributed by atoms with Gasteiger partial charge < -0.3 is 14.2 Å². The molecule has 0 bridgehead atoms. The molecule has 5 nitrogen and oxygen atoms in total. The molecule has 0 saturated heterocycles. The Morgan fingerprint density at radius 1 is 0.411 bits per heavy atom. The zero-order valence-corrected chi connectivity index (χ0v) is 37.1. The molecule has 1 atom stereocenters. The zero-order chi connectivity index (χ0) is 40.7. The predicted octanol–water partition coefficient (Wildman–Crippen LogP) is 15.8. The molecule has 324 valence electrons. The van der Waals surface area contributed by atoms with Crippen molar-refractivity contribution in [2.75, 3.05) is 19.8 Å². The summed E-state index contributed by atoms with van der Waals surface area (Å²) in [7, 11) is 0. The van der Waals surface area contributed by atoms with Crippen LogP contribution in [0.2, 0.25) is 0 Å². The Morgan fingerprint density at radius 2 is 0.839 bits per heavy atom. The summed E-state index contributed by atoms with van der Waals surface area (Å²) in [6, 6.07) is 0. The van der Waals surface area contributed by atoms with E-state index in [1.807, 2.05) is 6.08 Å². The van der Waals surface area contributed by atoms with Crippen LogP contribution < -0.4 is 0 Å². The van der Waals surface area contributed by atoms with Crippen molar-refractivity contribution in [2.45, 2.75) is 232 Å². The second-order valence-electron chi connectivity index (χ2n) is 15.6. The topological polar surface area (TPSA) is 61.8 Å². The van der Waals surface area contributed by atoms with Gasteiger partial charge in [-0.3, -0.25) is 9.59 Å². The smallest absolute Gasteiger partial charge is 0.306 e. The van der Waals surface area contributed by atoms with Crippen molar-refractivity contribution in [3.8, 4) is 0 Å². The second kappa shape index (κ2) is 47.0. The largest absolute Gasteiger partial charge is 0.462 e. The summed E-state index contributed by atoms with van der Waals surface area (Å²) >= 11 is 0. The van der Waals surface area contributed by atoms with E-state index in [1.165, 1.54) is 122 Å². The minimum Gasteiger partial charge on any atom is -0.462 e. The third kappa shape index (κ3) is 44.3. The molecule has 0 spiro atoms. The van der Waals surface area contributed by atoms with Gasteiger partial charge in [-0.15, -0.1) is 0 Å². The van der Waals surface area contributed by atoms with Crippen molar-refractivity contribution in [2.24, 2.45) is 0 Å². The Labute approximate surface area is 347 Å². The summed E-state index contributed by atoms with van der Waals surface area (Å²) in [6.07, 6.45) is 58.0. The van der Waals surface area contributed by atoms with E-state index in [0.29, 0.717) is 25.9 Å². The Morgan fingerprint density at radius 3 is 1.36 bits per heavy atom. The lowest BCUT2D eigenvalue weighted by molar-refractivity contribution is -0.162. The number of carbonyl (C=O) groups excluding carboxylic acids is 2. The Hall–Kier alpha value is -2.40. The molecule has 0 radical (unpaired) electrons. The van der Waals surface area contributed by atoms with E-state index >= 15 is 0 Å². The Balaban J connectivity index is 4.35. The number of esters is 2. The molecule has 0 aliphatic rings. The van der Waals surface area contributed by atoms with Crippen molar-refractivity contribution in [3.63, 3.8) is 0 Å². The highest BCUT2D eigenvalue weighted by Crippen LogP contribution is 2.13. The normalized spacial score (nSPS) is 12.7. The van der Waals surface area contributed by atoms with Crippen LogP contribution in [0.1, 0.15) is 226 Å². The monoisotopic (exact) mass is 783 g/mol. The first-order chi connectivity index (χ1) is 27.6. The molecule has 0 rings (SSSR count). The molecule has 56 heavy (non-hydrogen) atoms. The summed E-state index contributed by atoms with van der Waals surface area (Å²) in [5.74, 6) is -0.496. The molecule has 0 heterocycles. The molecule has 0 aliphatic heterocycles. The van der Waals surface area contributed by atoms with Crippen LogP contribution in [0.25, 0.3) is 0 Å². The lowest BCUT2D eigenvalue weighted by Gasteiger charge is -2.18. The summed E-state index contributed by atoms with van der Waals surface area (Å²) in [5.41, 5.74) is 0. The number of hydrogen-bond donors (Lipinski definition) is 0. The maximum atomic E-state index is 12.7. The lowest BCUT2D eigenvalue weighted by atomic mass is 10.1. The number of rotatable bonds is 43. The molecule has 1 unspecified atom stereocenters. The standard InChI is InChI=1S/C51H90O5/c1-4-7-10-13-16-19-22-25-26-28-29-32-35-38-41-44-50(52)55-48-49(47-54-46-43-40-37-34-31-24-21-18-15-12-9-6-3)56-51(53)45-42-39-36-33-30-27-23-20-17-14-11-8-5-2/h8,11,17,20,25-27,30,36,39,49H,4-7,9-10,12-16,18-19,21-24,28-29,31-35,37-38,40-48H2,1-3H3/b11-8-,20-17-,26-25-,30-27-,39-36-. The van der Waals surface area contributed by atoms with Gasteiger partial charge in [0, 0.05) is 19.4 Å². The molecule has 0 aromatic carbocycles. The van der Waals surface area contributed by atoms with Crippen LogP contribution in [-0.4, -0.2) is 37.9 Å². The predicted molar refractivity (Wildman–Crippen MR) is 242 cm³/mol. The molecule has 0 aromatic rings. The lowest BCUT2D eigenvalue weighted by Crippen LogP contribution is -2.30. The summed E-state index contributed by atoms with van der Waals surface area (Å²) in [6.45, 7) is 7.63.